The van der Waals surface area contributed by atoms with Crippen LogP contribution in [0.3, 0.4) is 0 Å². The van der Waals surface area contributed by atoms with E-state index in [0.717, 1.165) is 0 Å². The van der Waals surface area contributed by atoms with Crippen LogP contribution in [0.4, 0.5) is 0 Å². The number of hydrogen-bond donors (Lipinski definition) is 0. The van der Waals surface area contributed by atoms with E-state index in [0.29, 0.717) is 0 Å². The number of rotatable bonds is 5. The summed E-state index contributed by atoms with van der Waals surface area (Å²) in [5.41, 5.74) is 0.0764. The number of nitrogens with zero attached hydrogens (tertiary/aromatic N) is 1. The number of carbonyl (C=O) groups is 2. The Kier molecular flexibility index (Phi) is 5.00. The molecule has 5 heteroatoms. The summed E-state index contributed by atoms with van der Waals surface area (Å²) < 4.78 is 3.94. The Morgan fingerprint density at radius 3 is 2.42 bits per heavy atom. The predicted molar refractivity (Wildman–Crippen MR) is 44.9 cm³/mol. The predicted octanol–water partition coefficient (Wildman–Crippen LogP) is 0.401. The molecule has 0 spiro atoms. The quantitative estimate of drug-likeness (QED) is 0.338. The zero-order valence-electron chi connectivity index (χ0n) is 7.16. The molecule has 0 N–H and O–H groups in total. The van der Waals surface area contributed by atoms with Gasteiger partial charge in [-0.25, -0.2) is 0 Å². The summed E-state index contributed by atoms with van der Waals surface area (Å²) >= 11 is 0. The Morgan fingerprint density at radius 2 is 2.08 bits per heavy atom. The summed E-state index contributed by atoms with van der Waals surface area (Å²) in [4.78, 5) is 21.6. The number of carbonyl (C=O) groups excluding carboxylic acids is 2. The van der Waals surface area contributed by atoms with E-state index < -0.39 is 0 Å². The maximum absolute atomic E-state index is 11.0. The van der Waals surface area contributed by atoms with E-state index in [1.807, 2.05) is 0 Å². The lowest BCUT2D eigenvalue weighted by molar-refractivity contribution is -0.117. The summed E-state index contributed by atoms with van der Waals surface area (Å²) in [6, 6.07) is 0. The molecule has 0 amide bonds. The molecular weight excluding hydrogens is 157 g/mol. The molecular formula is C7H10BNO3. The Balaban J connectivity index is 4.34. The molecule has 0 aromatic rings. The van der Waals surface area contributed by atoms with Crippen molar-refractivity contribution in [1.82, 2.24) is 0 Å². The SMILES string of the molecule is [B]O/N=C(/CC(C)=O)C(=O)CC. The first-order chi connectivity index (χ1) is 5.61. The average molecular weight is 167 g/mol. The third kappa shape index (κ3) is 3.90. The molecule has 0 aliphatic carbocycles. The van der Waals surface area contributed by atoms with Crippen LogP contribution in [-0.4, -0.2) is 25.3 Å². The van der Waals surface area contributed by atoms with Gasteiger partial charge < -0.3 is 4.76 Å². The second-order valence-corrected chi connectivity index (χ2v) is 2.30. The molecule has 0 heterocycles. The maximum atomic E-state index is 11.0. The first kappa shape index (κ1) is 10.9. The van der Waals surface area contributed by atoms with Gasteiger partial charge in [-0.05, 0) is 6.92 Å². The van der Waals surface area contributed by atoms with E-state index in [1.54, 1.807) is 6.92 Å². The van der Waals surface area contributed by atoms with Crippen molar-refractivity contribution >= 4 is 25.3 Å². The molecule has 0 rings (SSSR count). The Bertz CT molecular complexity index is 213. The van der Waals surface area contributed by atoms with Crippen LogP contribution < -0.4 is 0 Å². The topological polar surface area (TPSA) is 55.7 Å². The first-order valence-electron chi connectivity index (χ1n) is 3.57. The van der Waals surface area contributed by atoms with E-state index in [-0.39, 0.29) is 30.1 Å². The van der Waals surface area contributed by atoms with Gasteiger partial charge in [0.2, 0.25) is 0 Å². The first-order valence-corrected chi connectivity index (χ1v) is 3.57. The van der Waals surface area contributed by atoms with Crippen molar-refractivity contribution in [2.75, 3.05) is 0 Å². The molecule has 0 aliphatic heterocycles. The molecule has 64 valence electrons. The van der Waals surface area contributed by atoms with Crippen molar-refractivity contribution in [2.24, 2.45) is 5.16 Å². The fourth-order valence-electron chi connectivity index (χ4n) is 0.685. The molecule has 0 unspecified atom stereocenters. The smallest absolute Gasteiger partial charge is 0.420 e. The van der Waals surface area contributed by atoms with Gasteiger partial charge >= 0.3 is 8.05 Å². The van der Waals surface area contributed by atoms with E-state index in [1.165, 1.54) is 6.92 Å². The second-order valence-electron chi connectivity index (χ2n) is 2.30. The van der Waals surface area contributed by atoms with E-state index >= 15 is 0 Å². The summed E-state index contributed by atoms with van der Waals surface area (Å²) in [5, 5.41) is 3.26. The van der Waals surface area contributed by atoms with Crippen molar-refractivity contribution in [2.45, 2.75) is 26.7 Å². The van der Waals surface area contributed by atoms with Gasteiger partial charge in [0.25, 0.3) is 0 Å². The molecule has 0 saturated heterocycles. The van der Waals surface area contributed by atoms with Gasteiger partial charge in [-0.1, -0.05) is 6.92 Å². The standard InChI is InChI=1S/C7H10BNO3/c1-3-7(11)6(9-12-8)4-5(2)10/h3-4H2,1-2H3/b9-6-. The third-order valence-corrected chi connectivity index (χ3v) is 1.22. The maximum Gasteiger partial charge on any atom is 0.420 e. The van der Waals surface area contributed by atoms with Crippen molar-refractivity contribution in [3.63, 3.8) is 0 Å². The number of hydrogen-bond acceptors (Lipinski definition) is 4. The van der Waals surface area contributed by atoms with Gasteiger partial charge in [-0.2, -0.15) is 0 Å². The van der Waals surface area contributed by atoms with Crippen LogP contribution in [0.2, 0.25) is 0 Å². The van der Waals surface area contributed by atoms with E-state index in [4.69, 9.17) is 0 Å². The zero-order chi connectivity index (χ0) is 9.56. The van der Waals surface area contributed by atoms with E-state index in [9.17, 15) is 9.59 Å². The van der Waals surface area contributed by atoms with Crippen LogP contribution in [0.25, 0.3) is 0 Å². The van der Waals surface area contributed by atoms with Gasteiger partial charge in [-0.15, -0.1) is 5.16 Å². The summed E-state index contributed by atoms with van der Waals surface area (Å²) in [5.74, 6) is -0.372. The lowest BCUT2D eigenvalue weighted by atomic mass is 10.1. The van der Waals surface area contributed by atoms with Crippen molar-refractivity contribution in [3.05, 3.63) is 0 Å². The highest BCUT2D eigenvalue weighted by atomic mass is 16.6. The molecule has 0 saturated carbocycles. The minimum atomic E-state index is -0.226. The van der Waals surface area contributed by atoms with Gasteiger partial charge in [0.05, 0.1) is 6.42 Å². The van der Waals surface area contributed by atoms with Gasteiger partial charge in [0, 0.05) is 6.42 Å². The lowest BCUT2D eigenvalue weighted by Crippen LogP contribution is -2.16. The van der Waals surface area contributed by atoms with Crippen LogP contribution in [0.1, 0.15) is 26.7 Å². The normalized spacial score (nSPS) is 11.0. The molecule has 0 fully saturated rings. The second kappa shape index (κ2) is 5.52. The van der Waals surface area contributed by atoms with Crippen molar-refractivity contribution < 1.29 is 14.3 Å². The minimum absolute atomic E-state index is 0.0239. The molecule has 0 aliphatic rings. The molecule has 2 radical (unpaired) electrons. The summed E-state index contributed by atoms with van der Waals surface area (Å²) in [6.07, 6.45) is 0.263. The third-order valence-electron chi connectivity index (χ3n) is 1.22. The number of Topliss-reactive ketones (excluding diaryl/α,β-unsaturated/α-hetero) is 2. The molecule has 4 nitrogen and oxygen atoms in total. The van der Waals surface area contributed by atoms with Gasteiger partial charge in [0.1, 0.15) is 11.5 Å². The highest BCUT2D eigenvalue weighted by Crippen LogP contribution is 1.95. The molecule has 0 atom stereocenters. The van der Waals surface area contributed by atoms with Crippen molar-refractivity contribution in [1.29, 1.82) is 0 Å². The number of ketones is 2. The molecule has 0 aromatic heterocycles. The highest BCUT2D eigenvalue weighted by molar-refractivity contribution is 6.42. The lowest BCUT2D eigenvalue weighted by Gasteiger charge is -1.99. The molecule has 0 bridgehead atoms. The Hall–Kier alpha value is -1.13. The molecule has 12 heavy (non-hydrogen) atoms. The monoisotopic (exact) mass is 167 g/mol. The average Bonchev–Trinajstić information content (AvgIpc) is 2.01. The van der Waals surface area contributed by atoms with Crippen LogP contribution in [0, 0.1) is 0 Å². The van der Waals surface area contributed by atoms with Crippen LogP contribution in [0.15, 0.2) is 5.16 Å². The highest BCUT2D eigenvalue weighted by Gasteiger charge is 2.11. The summed E-state index contributed by atoms with van der Waals surface area (Å²) in [7, 11) is 4.65. The molecule has 0 aromatic carbocycles. The largest absolute Gasteiger partial charge is 0.480 e. The Labute approximate surface area is 72.4 Å². The Morgan fingerprint density at radius 1 is 1.50 bits per heavy atom. The fourth-order valence-corrected chi connectivity index (χ4v) is 0.685. The van der Waals surface area contributed by atoms with Crippen molar-refractivity contribution in [3.8, 4) is 0 Å². The number of oxime groups is 1. The van der Waals surface area contributed by atoms with Gasteiger partial charge in [0.15, 0.2) is 5.78 Å². The fraction of sp³-hybridized carbons (Fsp3) is 0.571. The summed E-state index contributed by atoms with van der Waals surface area (Å²) in [6.45, 7) is 3.05. The zero-order valence-corrected chi connectivity index (χ0v) is 7.16. The van der Waals surface area contributed by atoms with Crippen LogP contribution in [0.5, 0.6) is 0 Å². The van der Waals surface area contributed by atoms with Crippen LogP contribution in [-0.2, 0) is 14.3 Å². The van der Waals surface area contributed by atoms with Crippen LogP contribution >= 0.6 is 0 Å². The minimum Gasteiger partial charge on any atom is -0.480 e. The van der Waals surface area contributed by atoms with E-state index in [2.05, 4.69) is 18.0 Å². The van der Waals surface area contributed by atoms with Gasteiger partial charge in [-0.3, -0.25) is 9.59 Å².